The lowest BCUT2D eigenvalue weighted by Gasteiger charge is -2.24. The number of tetrazole rings is 1. The summed E-state index contributed by atoms with van der Waals surface area (Å²) in [5.41, 5.74) is 3.91. The summed E-state index contributed by atoms with van der Waals surface area (Å²) in [6, 6.07) is 7.13. The van der Waals surface area contributed by atoms with Crippen LogP contribution in [0.25, 0.3) is 0 Å². The van der Waals surface area contributed by atoms with E-state index in [4.69, 9.17) is 0 Å². The van der Waals surface area contributed by atoms with Crippen LogP contribution in [0.15, 0.2) is 18.2 Å². The Bertz CT molecular complexity index is 560. The van der Waals surface area contributed by atoms with E-state index in [1.165, 1.54) is 28.0 Å². The Morgan fingerprint density at radius 3 is 3.11 bits per heavy atom. The van der Waals surface area contributed by atoms with E-state index >= 15 is 0 Å². The van der Waals surface area contributed by atoms with Crippen LogP contribution in [0.3, 0.4) is 0 Å². The summed E-state index contributed by atoms with van der Waals surface area (Å²) >= 11 is 0. The Hall–Kier alpha value is -1.91. The van der Waals surface area contributed by atoms with Crippen LogP contribution in [0.2, 0.25) is 0 Å². The van der Waals surface area contributed by atoms with Gasteiger partial charge in [0.15, 0.2) is 5.82 Å². The fourth-order valence-corrected chi connectivity index (χ4v) is 2.39. The lowest BCUT2D eigenvalue weighted by atomic mass is 9.96. The van der Waals surface area contributed by atoms with Crippen LogP contribution < -0.4 is 5.32 Å². The second-order valence-corrected chi connectivity index (χ2v) is 4.95. The van der Waals surface area contributed by atoms with Gasteiger partial charge < -0.3 is 5.32 Å². The van der Waals surface area contributed by atoms with E-state index < -0.39 is 0 Å². The summed E-state index contributed by atoms with van der Waals surface area (Å²) < 4.78 is 0. The van der Waals surface area contributed by atoms with Crippen molar-refractivity contribution in [2.75, 3.05) is 5.32 Å². The molecular formula is C13H17N5. The molecule has 18 heavy (non-hydrogen) atoms. The highest BCUT2D eigenvalue weighted by molar-refractivity contribution is 5.55. The molecule has 0 fully saturated rings. The highest BCUT2D eigenvalue weighted by Crippen LogP contribution is 2.26. The Balaban J connectivity index is 1.82. The van der Waals surface area contributed by atoms with Crippen molar-refractivity contribution in [1.29, 1.82) is 0 Å². The highest BCUT2D eigenvalue weighted by Gasteiger charge is 2.14. The third-order valence-electron chi connectivity index (χ3n) is 3.33. The Kier molecular flexibility index (Phi) is 2.74. The average Bonchev–Trinajstić information content (AvgIpc) is 2.75. The minimum atomic E-state index is 0.574. The maximum absolute atomic E-state index is 4.21. The Morgan fingerprint density at radius 2 is 2.33 bits per heavy atom. The SMILES string of the molecule is CC1CCc2cc(Cc3nnn(C)n3)ccc2N1. The molecule has 5 heteroatoms. The van der Waals surface area contributed by atoms with Gasteiger partial charge in [-0.3, -0.25) is 0 Å². The summed E-state index contributed by atoms with van der Waals surface area (Å²) in [6.45, 7) is 2.22. The van der Waals surface area contributed by atoms with Crippen LogP contribution in [0, 0.1) is 0 Å². The molecule has 0 saturated carbocycles. The highest BCUT2D eigenvalue weighted by atomic mass is 15.6. The van der Waals surface area contributed by atoms with Gasteiger partial charge in [0.1, 0.15) is 0 Å². The molecule has 0 bridgehead atoms. The molecule has 0 radical (unpaired) electrons. The van der Waals surface area contributed by atoms with Gasteiger partial charge in [0.05, 0.1) is 7.05 Å². The van der Waals surface area contributed by atoms with E-state index in [-0.39, 0.29) is 0 Å². The first-order valence-electron chi connectivity index (χ1n) is 6.32. The number of nitrogens with one attached hydrogen (secondary N) is 1. The van der Waals surface area contributed by atoms with Crippen LogP contribution in [-0.2, 0) is 19.9 Å². The minimum Gasteiger partial charge on any atom is -0.382 e. The monoisotopic (exact) mass is 243 g/mol. The van der Waals surface area contributed by atoms with Gasteiger partial charge in [-0.1, -0.05) is 12.1 Å². The fourth-order valence-electron chi connectivity index (χ4n) is 2.39. The van der Waals surface area contributed by atoms with E-state index in [9.17, 15) is 0 Å². The van der Waals surface area contributed by atoms with Crippen LogP contribution in [0.4, 0.5) is 5.69 Å². The van der Waals surface area contributed by atoms with Gasteiger partial charge in [0.25, 0.3) is 0 Å². The first kappa shape index (κ1) is 11.2. The summed E-state index contributed by atoms with van der Waals surface area (Å²) in [5.74, 6) is 0.773. The van der Waals surface area contributed by atoms with E-state index in [0.29, 0.717) is 6.04 Å². The largest absolute Gasteiger partial charge is 0.382 e. The predicted molar refractivity (Wildman–Crippen MR) is 69.5 cm³/mol. The number of aromatic nitrogens is 4. The van der Waals surface area contributed by atoms with Crippen molar-refractivity contribution in [2.24, 2.45) is 7.05 Å². The first-order chi connectivity index (χ1) is 8.70. The number of aryl methyl sites for hydroxylation is 2. The van der Waals surface area contributed by atoms with E-state index in [0.717, 1.165) is 18.7 Å². The minimum absolute atomic E-state index is 0.574. The molecular weight excluding hydrogens is 226 g/mol. The van der Waals surface area contributed by atoms with Crippen LogP contribution in [0.5, 0.6) is 0 Å². The molecule has 2 aromatic rings. The summed E-state index contributed by atoms with van der Waals surface area (Å²) in [4.78, 5) is 1.50. The van der Waals surface area contributed by atoms with Gasteiger partial charge in [-0.05, 0) is 42.2 Å². The van der Waals surface area contributed by atoms with Gasteiger partial charge in [-0.15, -0.1) is 10.2 Å². The quantitative estimate of drug-likeness (QED) is 0.869. The first-order valence-corrected chi connectivity index (χ1v) is 6.32. The Labute approximate surface area is 106 Å². The molecule has 0 saturated heterocycles. The lowest BCUT2D eigenvalue weighted by molar-refractivity contribution is 0.628. The second-order valence-electron chi connectivity index (χ2n) is 4.95. The van der Waals surface area contributed by atoms with Gasteiger partial charge >= 0.3 is 0 Å². The van der Waals surface area contributed by atoms with Crippen molar-refractivity contribution in [3.05, 3.63) is 35.2 Å². The number of rotatable bonds is 2. The smallest absolute Gasteiger partial charge is 0.179 e. The molecule has 1 aromatic carbocycles. The number of fused-ring (bicyclic) bond motifs is 1. The topological polar surface area (TPSA) is 55.6 Å². The zero-order chi connectivity index (χ0) is 12.5. The zero-order valence-electron chi connectivity index (χ0n) is 10.7. The fraction of sp³-hybridized carbons (Fsp3) is 0.462. The number of anilines is 1. The molecule has 0 amide bonds. The molecule has 1 atom stereocenters. The maximum Gasteiger partial charge on any atom is 0.179 e. The summed E-state index contributed by atoms with van der Waals surface area (Å²) in [5, 5.41) is 15.6. The molecule has 3 rings (SSSR count). The van der Waals surface area contributed by atoms with Crippen LogP contribution in [0.1, 0.15) is 30.3 Å². The molecule has 0 aliphatic carbocycles. The third kappa shape index (κ3) is 2.20. The number of hydrogen-bond donors (Lipinski definition) is 1. The molecule has 1 aliphatic heterocycles. The molecule has 1 unspecified atom stereocenters. The van der Waals surface area contributed by atoms with E-state index in [2.05, 4.69) is 45.9 Å². The molecule has 1 aromatic heterocycles. The maximum atomic E-state index is 4.21. The predicted octanol–water partition coefficient (Wildman–Crippen LogP) is 1.55. The van der Waals surface area contributed by atoms with Crippen LogP contribution in [-0.4, -0.2) is 26.2 Å². The van der Waals surface area contributed by atoms with Gasteiger partial charge in [0, 0.05) is 18.2 Å². The van der Waals surface area contributed by atoms with E-state index in [1.54, 1.807) is 7.05 Å². The molecule has 0 spiro atoms. The third-order valence-corrected chi connectivity index (χ3v) is 3.33. The summed E-state index contributed by atoms with van der Waals surface area (Å²) in [6.07, 6.45) is 3.09. The van der Waals surface area contributed by atoms with E-state index in [1.807, 2.05) is 0 Å². The number of nitrogens with zero attached hydrogens (tertiary/aromatic N) is 4. The van der Waals surface area contributed by atoms with Crippen molar-refractivity contribution >= 4 is 5.69 Å². The lowest BCUT2D eigenvalue weighted by Crippen LogP contribution is -2.21. The molecule has 1 aliphatic rings. The van der Waals surface area contributed by atoms with Gasteiger partial charge in [-0.2, -0.15) is 4.80 Å². The Morgan fingerprint density at radius 1 is 1.44 bits per heavy atom. The zero-order valence-corrected chi connectivity index (χ0v) is 10.7. The standard InChI is InChI=1S/C13H17N5/c1-9-3-5-11-7-10(4-6-12(11)14-9)8-13-15-17-18(2)16-13/h4,6-7,9,14H,3,5,8H2,1-2H3. The van der Waals surface area contributed by atoms with Crippen molar-refractivity contribution in [1.82, 2.24) is 20.2 Å². The van der Waals surface area contributed by atoms with Gasteiger partial charge in [-0.25, -0.2) is 0 Å². The van der Waals surface area contributed by atoms with Crippen molar-refractivity contribution in [3.8, 4) is 0 Å². The molecule has 5 nitrogen and oxygen atoms in total. The average molecular weight is 243 g/mol. The molecule has 1 N–H and O–H groups in total. The van der Waals surface area contributed by atoms with Crippen molar-refractivity contribution < 1.29 is 0 Å². The number of benzene rings is 1. The second kappa shape index (κ2) is 4.40. The van der Waals surface area contributed by atoms with Gasteiger partial charge in [0.2, 0.25) is 0 Å². The summed E-state index contributed by atoms with van der Waals surface area (Å²) in [7, 11) is 1.79. The van der Waals surface area contributed by atoms with Crippen molar-refractivity contribution in [2.45, 2.75) is 32.2 Å². The van der Waals surface area contributed by atoms with Crippen molar-refractivity contribution in [3.63, 3.8) is 0 Å². The number of hydrogen-bond acceptors (Lipinski definition) is 4. The molecule has 94 valence electrons. The molecule has 2 heterocycles. The normalized spacial score (nSPS) is 18.2. The van der Waals surface area contributed by atoms with Crippen LogP contribution >= 0.6 is 0 Å².